The predicted octanol–water partition coefficient (Wildman–Crippen LogP) is 1.08. The molecule has 1 aliphatic heterocycles. The van der Waals surface area contributed by atoms with Crippen molar-refractivity contribution in [3.8, 4) is 0 Å². The molecule has 1 heterocycles. The molecule has 0 aliphatic carbocycles. The molecule has 5 atom stereocenters. The molecule has 21 heavy (non-hydrogen) atoms. The van der Waals surface area contributed by atoms with Crippen LogP contribution in [0.2, 0.25) is 0 Å². The summed E-state index contributed by atoms with van der Waals surface area (Å²) in [7, 11) is 0. The monoisotopic (exact) mass is 289 g/mol. The van der Waals surface area contributed by atoms with Crippen LogP contribution in [0, 0.1) is 0 Å². The Labute approximate surface area is 122 Å². The minimum Gasteiger partial charge on any atom is -0.388 e. The molecule has 0 spiro atoms. The summed E-state index contributed by atoms with van der Waals surface area (Å²) in [6, 6.07) is 13.7. The Balaban J connectivity index is 1.88. The number of aliphatic hydroxyl groups excluding tert-OH is 3. The van der Waals surface area contributed by atoms with Gasteiger partial charge in [-0.15, -0.1) is 0 Å². The molecule has 2 aromatic carbocycles. The van der Waals surface area contributed by atoms with Gasteiger partial charge in [0.05, 0.1) is 6.10 Å². The molecule has 2 aromatic rings. The largest absolute Gasteiger partial charge is 0.388 e. The standard InChI is InChI=1S/C16H19NO4/c1-9-13(18)14(19)15(20)16(21-9)17-12-8-4-6-10-5-2-3-7-11(10)12/h2-9,13-20H,1H3/t9-,13+,14-,15-,16+/m0/s1. The van der Waals surface area contributed by atoms with E-state index in [1.165, 1.54) is 0 Å². The summed E-state index contributed by atoms with van der Waals surface area (Å²) in [5.74, 6) is 0. The SMILES string of the molecule is C[C@@H]1O[C@@H](Nc2cccc3ccccc23)[C@@H](O)[C@@H](O)[C@@H]1O. The Morgan fingerprint density at radius 1 is 0.905 bits per heavy atom. The molecule has 1 aliphatic rings. The van der Waals surface area contributed by atoms with Gasteiger partial charge in [-0.1, -0.05) is 36.4 Å². The van der Waals surface area contributed by atoms with Crippen molar-refractivity contribution in [1.82, 2.24) is 0 Å². The van der Waals surface area contributed by atoms with E-state index in [4.69, 9.17) is 4.74 Å². The van der Waals surface area contributed by atoms with Crippen LogP contribution < -0.4 is 5.32 Å². The predicted molar refractivity (Wildman–Crippen MR) is 79.9 cm³/mol. The first-order chi connectivity index (χ1) is 10.1. The molecule has 4 N–H and O–H groups in total. The summed E-state index contributed by atoms with van der Waals surface area (Å²) >= 11 is 0. The van der Waals surface area contributed by atoms with E-state index in [9.17, 15) is 15.3 Å². The van der Waals surface area contributed by atoms with Crippen LogP contribution in [0.3, 0.4) is 0 Å². The van der Waals surface area contributed by atoms with Gasteiger partial charge in [-0.3, -0.25) is 0 Å². The summed E-state index contributed by atoms with van der Waals surface area (Å²) < 4.78 is 5.56. The molecule has 112 valence electrons. The van der Waals surface area contributed by atoms with Crippen molar-refractivity contribution in [2.24, 2.45) is 0 Å². The van der Waals surface area contributed by atoms with Crippen LogP contribution >= 0.6 is 0 Å². The number of benzene rings is 2. The third kappa shape index (κ3) is 2.61. The van der Waals surface area contributed by atoms with E-state index >= 15 is 0 Å². The van der Waals surface area contributed by atoms with Crippen LogP contribution in [0.1, 0.15) is 6.92 Å². The molecule has 0 bridgehead atoms. The molecule has 3 rings (SSSR count). The van der Waals surface area contributed by atoms with E-state index in [1.807, 2.05) is 42.5 Å². The topological polar surface area (TPSA) is 82.0 Å². The van der Waals surface area contributed by atoms with Crippen molar-refractivity contribution in [3.63, 3.8) is 0 Å². The maximum absolute atomic E-state index is 10.1. The summed E-state index contributed by atoms with van der Waals surface area (Å²) in [5, 5.41) is 34.8. The second kappa shape index (κ2) is 5.61. The molecular formula is C16H19NO4. The van der Waals surface area contributed by atoms with Crippen molar-refractivity contribution < 1.29 is 20.1 Å². The first-order valence-electron chi connectivity index (χ1n) is 7.02. The molecule has 0 radical (unpaired) electrons. The third-order valence-electron chi connectivity index (χ3n) is 3.94. The fraction of sp³-hybridized carbons (Fsp3) is 0.375. The van der Waals surface area contributed by atoms with Crippen LogP contribution in [-0.2, 0) is 4.74 Å². The molecule has 0 aromatic heterocycles. The number of hydrogen-bond donors (Lipinski definition) is 4. The maximum Gasteiger partial charge on any atom is 0.157 e. The van der Waals surface area contributed by atoms with Gasteiger partial charge in [0.2, 0.25) is 0 Å². The molecule has 0 amide bonds. The lowest BCUT2D eigenvalue weighted by Gasteiger charge is -2.40. The third-order valence-corrected chi connectivity index (χ3v) is 3.94. The summed E-state index contributed by atoms with van der Waals surface area (Å²) in [5.41, 5.74) is 0.813. The van der Waals surface area contributed by atoms with Crippen LogP contribution in [0.15, 0.2) is 42.5 Å². The summed E-state index contributed by atoms with van der Waals surface area (Å²) in [6.07, 6.45) is -4.86. The minimum absolute atomic E-state index is 0.559. The summed E-state index contributed by atoms with van der Waals surface area (Å²) in [6.45, 7) is 1.66. The quantitative estimate of drug-likeness (QED) is 0.665. The highest BCUT2D eigenvalue weighted by Crippen LogP contribution is 2.27. The van der Waals surface area contributed by atoms with E-state index < -0.39 is 30.6 Å². The number of aliphatic hydroxyl groups is 3. The van der Waals surface area contributed by atoms with Crippen LogP contribution in [0.25, 0.3) is 10.8 Å². The van der Waals surface area contributed by atoms with Crippen molar-refractivity contribution in [2.45, 2.75) is 37.6 Å². The Bertz CT molecular complexity index is 627. The van der Waals surface area contributed by atoms with Crippen LogP contribution in [-0.4, -0.2) is 46.0 Å². The first-order valence-corrected chi connectivity index (χ1v) is 7.02. The zero-order valence-corrected chi connectivity index (χ0v) is 11.7. The Morgan fingerprint density at radius 3 is 2.43 bits per heavy atom. The van der Waals surface area contributed by atoms with Gasteiger partial charge in [0, 0.05) is 11.1 Å². The lowest BCUT2D eigenvalue weighted by atomic mass is 9.98. The smallest absolute Gasteiger partial charge is 0.157 e. The Kier molecular flexibility index (Phi) is 3.82. The highest BCUT2D eigenvalue weighted by atomic mass is 16.5. The van der Waals surface area contributed by atoms with E-state index in [0.717, 1.165) is 16.5 Å². The van der Waals surface area contributed by atoms with Crippen LogP contribution in [0.5, 0.6) is 0 Å². The number of ether oxygens (including phenoxy) is 1. The minimum atomic E-state index is -1.23. The average molecular weight is 289 g/mol. The molecule has 5 heteroatoms. The van der Waals surface area contributed by atoms with Gasteiger partial charge in [0.25, 0.3) is 0 Å². The highest BCUT2D eigenvalue weighted by molar-refractivity contribution is 5.93. The van der Waals surface area contributed by atoms with Gasteiger partial charge in [0.15, 0.2) is 6.23 Å². The molecule has 0 saturated carbocycles. The number of hydrogen-bond acceptors (Lipinski definition) is 5. The van der Waals surface area contributed by atoms with Gasteiger partial charge in [-0.05, 0) is 18.4 Å². The molecule has 0 unspecified atom stereocenters. The van der Waals surface area contributed by atoms with Gasteiger partial charge >= 0.3 is 0 Å². The number of fused-ring (bicyclic) bond motifs is 1. The van der Waals surface area contributed by atoms with E-state index in [-0.39, 0.29) is 0 Å². The highest BCUT2D eigenvalue weighted by Gasteiger charge is 2.41. The van der Waals surface area contributed by atoms with E-state index in [2.05, 4.69) is 5.32 Å². The van der Waals surface area contributed by atoms with Gasteiger partial charge in [-0.2, -0.15) is 0 Å². The van der Waals surface area contributed by atoms with E-state index in [1.54, 1.807) is 6.92 Å². The fourth-order valence-corrected chi connectivity index (χ4v) is 2.67. The van der Waals surface area contributed by atoms with Crippen molar-refractivity contribution >= 4 is 16.5 Å². The zero-order chi connectivity index (χ0) is 15.0. The Morgan fingerprint density at radius 2 is 1.62 bits per heavy atom. The fourth-order valence-electron chi connectivity index (χ4n) is 2.67. The summed E-state index contributed by atoms with van der Waals surface area (Å²) in [4.78, 5) is 0. The number of nitrogens with one attached hydrogen (secondary N) is 1. The second-order valence-corrected chi connectivity index (χ2v) is 5.40. The van der Waals surface area contributed by atoms with Gasteiger partial charge < -0.3 is 25.4 Å². The lowest BCUT2D eigenvalue weighted by molar-refractivity contribution is -0.209. The first kappa shape index (κ1) is 14.3. The molecule has 5 nitrogen and oxygen atoms in total. The molecule has 1 saturated heterocycles. The van der Waals surface area contributed by atoms with Crippen molar-refractivity contribution in [2.75, 3.05) is 5.32 Å². The lowest BCUT2D eigenvalue weighted by Crippen LogP contribution is -2.58. The van der Waals surface area contributed by atoms with Gasteiger partial charge in [-0.25, -0.2) is 0 Å². The van der Waals surface area contributed by atoms with E-state index in [0.29, 0.717) is 0 Å². The zero-order valence-electron chi connectivity index (χ0n) is 11.7. The number of anilines is 1. The van der Waals surface area contributed by atoms with Crippen molar-refractivity contribution in [3.05, 3.63) is 42.5 Å². The average Bonchev–Trinajstić information content (AvgIpc) is 2.51. The maximum atomic E-state index is 10.1. The number of rotatable bonds is 2. The second-order valence-electron chi connectivity index (χ2n) is 5.40. The van der Waals surface area contributed by atoms with Crippen molar-refractivity contribution in [1.29, 1.82) is 0 Å². The molecule has 1 fully saturated rings. The molecular weight excluding hydrogens is 270 g/mol. The normalized spacial score (nSPS) is 33.0. The Hall–Kier alpha value is -1.66. The van der Waals surface area contributed by atoms with Gasteiger partial charge in [0.1, 0.15) is 18.3 Å². The van der Waals surface area contributed by atoms with Crippen LogP contribution in [0.4, 0.5) is 5.69 Å².